The van der Waals surface area contributed by atoms with Gasteiger partial charge in [-0.3, -0.25) is 0 Å². The van der Waals surface area contributed by atoms with Crippen molar-refractivity contribution in [3.8, 4) is 5.75 Å². The van der Waals surface area contributed by atoms with E-state index in [0.717, 1.165) is 37.2 Å². The third-order valence-electron chi connectivity index (χ3n) is 3.68. The van der Waals surface area contributed by atoms with Crippen molar-refractivity contribution in [3.05, 3.63) is 29.3 Å². The number of benzene rings is 1. The minimum absolute atomic E-state index is 0.261. The van der Waals surface area contributed by atoms with Crippen molar-refractivity contribution in [2.75, 3.05) is 6.61 Å². The number of fused-ring (bicyclic) bond motifs is 1. The number of hydrogen-bond acceptors (Lipinski definition) is 2. The Balaban J connectivity index is 1.74. The molecule has 1 N–H and O–H groups in total. The van der Waals surface area contributed by atoms with E-state index in [1.165, 1.54) is 31.2 Å². The fourth-order valence-corrected chi connectivity index (χ4v) is 2.56. The largest absolute Gasteiger partial charge is 0.494 e. The predicted molar refractivity (Wildman–Crippen MR) is 74.0 cm³/mol. The molecular weight excluding hydrogens is 224 g/mol. The molecule has 18 heavy (non-hydrogen) atoms. The summed E-state index contributed by atoms with van der Waals surface area (Å²) >= 11 is 0. The lowest BCUT2D eigenvalue weighted by atomic mass is 10.1. The minimum atomic E-state index is -0.261. The second-order valence-electron chi connectivity index (χ2n) is 5.18. The first-order valence-electron chi connectivity index (χ1n) is 7.25. The number of aryl methyl sites for hydroxylation is 1. The number of hydrogen-bond donors (Lipinski definition) is 1. The molecule has 0 amide bonds. The van der Waals surface area contributed by atoms with Crippen LogP contribution in [0.3, 0.4) is 0 Å². The Hall–Kier alpha value is -1.02. The molecule has 1 atom stereocenters. The van der Waals surface area contributed by atoms with Crippen LogP contribution in [0.4, 0.5) is 0 Å². The molecule has 0 unspecified atom stereocenters. The highest BCUT2D eigenvalue weighted by Crippen LogP contribution is 2.33. The standard InChI is InChI=1S/C16H24O2/c1-2-3-4-5-6-11-18-14-8-9-15-13(12-14)7-10-16(15)17/h8-9,12,16-17H,2-7,10-11H2,1H3/t16-/m1/s1. The van der Waals surface area contributed by atoms with Gasteiger partial charge < -0.3 is 9.84 Å². The third kappa shape index (κ3) is 3.49. The van der Waals surface area contributed by atoms with Crippen LogP contribution in [0, 0.1) is 0 Å². The van der Waals surface area contributed by atoms with Crippen LogP contribution in [-0.2, 0) is 6.42 Å². The van der Waals surface area contributed by atoms with Gasteiger partial charge >= 0.3 is 0 Å². The molecule has 0 heterocycles. The van der Waals surface area contributed by atoms with Crippen LogP contribution in [-0.4, -0.2) is 11.7 Å². The van der Waals surface area contributed by atoms with Gasteiger partial charge in [-0.05, 0) is 42.5 Å². The van der Waals surface area contributed by atoms with Crippen molar-refractivity contribution < 1.29 is 9.84 Å². The van der Waals surface area contributed by atoms with Gasteiger partial charge in [-0.15, -0.1) is 0 Å². The van der Waals surface area contributed by atoms with E-state index in [-0.39, 0.29) is 6.10 Å². The van der Waals surface area contributed by atoms with Crippen LogP contribution in [0.25, 0.3) is 0 Å². The summed E-state index contributed by atoms with van der Waals surface area (Å²) in [6.45, 7) is 3.04. The molecule has 1 aromatic carbocycles. The molecule has 2 rings (SSSR count). The quantitative estimate of drug-likeness (QED) is 0.739. The third-order valence-corrected chi connectivity index (χ3v) is 3.68. The van der Waals surface area contributed by atoms with E-state index in [2.05, 4.69) is 13.0 Å². The number of rotatable bonds is 7. The van der Waals surface area contributed by atoms with Crippen molar-refractivity contribution in [3.63, 3.8) is 0 Å². The molecule has 0 bridgehead atoms. The molecule has 0 saturated carbocycles. The Kier molecular flexibility index (Phi) is 5.06. The van der Waals surface area contributed by atoms with Crippen LogP contribution in [0.15, 0.2) is 18.2 Å². The predicted octanol–water partition coefficient (Wildman–Crippen LogP) is 4.02. The van der Waals surface area contributed by atoms with E-state index >= 15 is 0 Å². The Morgan fingerprint density at radius 2 is 2.06 bits per heavy atom. The number of unbranched alkanes of at least 4 members (excludes halogenated alkanes) is 4. The summed E-state index contributed by atoms with van der Waals surface area (Å²) in [7, 11) is 0. The average molecular weight is 248 g/mol. The van der Waals surface area contributed by atoms with Crippen molar-refractivity contribution >= 4 is 0 Å². The fourth-order valence-electron chi connectivity index (χ4n) is 2.56. The molecule has 0 aromatic heterocycles. The van der Waals surface area contributed by atoms with Gasteiger partial charge in [0.05, 0.1) is 12.7 Å². The summed E-state index contributed by atoms with van der Waals surface area (Å²) in [5.74, 6) is 0.957. The second-order valence-corrected chi connectivity index (χ2v) is 5.18. The lowest BCUT2D eigenvalue weighted by Crippen LogP contribution is -1.98. The number of aliphatic hydroxyl groups is 1. The van der Waals surface area contributed by atoms with Gasteiger partial charge in [-0.25, -0.2) is 0 Å². The lowest BCUT2D eigenvalue weighted by molar-refractivity contribution is 0.180. The fraction of sp³-hybridized carbons (Fsp3) is 0.625. The summed E-state index contributed by atoms with van der Waals surface area (Å²) < 4.78 is 5.77. The van der Waals surface area contributed by atoms with Gasteiger partial charge in [0.15, 0.2) is 0 Å². The van der Waals surface area contributed by atoms with Gasteiger partial charge in [0.1, 0.15) is 5.75 Å². The van der Waals surface area contributed by atoms with Crippen molar-refractivity contribution in [2.24, 2.45) is 0 Å². The minimum Gasteiger partial charge on any atom is -0.494 e. The highest BCUT2D eigenvalue weighted by Gasteiger charge is 2.20. The first-order chi connectivity index (χ1) is 8.81. The van der Waals surface area contributed by atoms with Gasteiger partial charge in [0.2, 0.25) is 0 Å². The summed E-state index contributed by atoms with van der Waals surface area (Å²) in [5.41, 5.74) is 2.34. The van der Waals surface area contributed by atoms with Gasteiger partial charge in [0.25, 0.3) is 0 Å². The molecule has 1 aromatic rings. The lowest BCUT2D eigenvalue weighted by Gasteiger charge is -2.09. The van der Waals surface area contributed by atoms with Crippen molar-refractivity contribution in [1.82, 2.24) is 0 Å². The molecule has 0 spiro atoms. The first kappa shape index (κ1) is 13.4. The highest BCUT2D eigenvalue weighted by molar-refractivity contribution is 5.39. The highest BCUT2D eigenvalue weighted by atomic mass is 16.5. The molecule has 0 saturated heterocycles. The Morgan fingerprint density at radius 3 is 2.89 bits per heavy atom. The zero-order valence-electron chi connectivity index (χ0n) is 11.3. The SMILES string of the molecule is CCCCCCCOc1ccc2c(c1)CC[C@H]2O. The maximum absolute atomic E-state index is 9.73. The van der Waals surface area contributed by atoms with Crippen molar-refractivity contribution in [2.45, 2.75) is 58.0 Å². The second kappa shape index (κ2) is 6.79. The van der Waals surface area contributed by atoms with Crippen LogP contribution < -0.4 is 4.74 Å². The molecular formula is C16H24O2. The smallest absolute Gasteiger partial charge is 0.119 e. The van der Waals surface area contributed by atoms with Gasteiger partial charge in [0, 0.05) is 0 Å². The molecule has 100 valence electrons. The number of aliphatic hydroxyl groups excluding tert-OH is 1. The van der Waals surface area contributed by atoms with E-state index < -0.39 is 0 Å². The first-order valence-corrected chi connectivity index (χ1v) is 7.25. The summed E-state index contributed by atoms with van der Waals surface area (Å²) in [6, 6.07) is 6.09. The van der Waals surface area contributed by atoms with Crippen LogP contribution in [0.1, 0.15) is 62.7 Å². The molecule has 2 heteroatoms. The zero-order chi connectivity index (χ0) is 12.8. The molecule has 0 fully saturated rings. The summed E-state index contributed by atoms with van der Waals surface area (Å²) in [6.07, 6.45) is 7.90. The van der Waals surface area contributed by atoms with E-state index in [9.17, 15) is 5.11 Å². The van der Waals surface area contributed by atoms with Crippen LogP contribution >= 0.6 is 0 Å². The van der Waals surface area contributed by atoms with E-state index in [1.807, 2.05) is 12.1 Å². The molecule has 0 radical (unpaired) electrons. The number of ether oxygens (including phenoxy) is 1. The Bertz CT molecular complexity index is 373. The average Bonchev–Trinajstić information content (AvgIpc) is 2.75. The molecule has 1 aliphatic carbocycles. The topological polar surface area (TPSA) is 29.5 Å². The maximum atomic E-state index is 9.73. The normalized spacial score (nSPS) is 17.8. The van der Waals surface area contributed by atoms with Crippen molar-refractivity contribution in [1.29, 1.82) is 0 Å². The Labute approximate surface area is 110 Å². The monoisotopic (exact) mass is 248 g/mol. The Morgan fingerprint density at radius 1 is 1.22 bits per heavy atom. The zero-order valence-corrected chi connectivity index (χ0v) is 11.3. The van der Waals surface area contributed by atoms with E-state index in [0.29, 0.717) is 0 Å². The molecule has 2 nitrogen and oxygen atoms in total. The van der Waals surface area contributed by atoms with Gasteiger partial charge in [-0.1, -0.05) is 38.7 Å². The summed E-state index contributed by atoms with van der Waals surface area (Å²) in [5, 5.41) is 9.73. The van der Waals surface area contributed by atoms with Crippen LogP contribution in [0.5, 0.6) is 5.75 Å². The van der Waals surface area contributed by atoms with Gasteiger partial charge in [-0.2, -0.15) is 0 Å². The molecule has 1 aliphatic rings. The van der Waals surface area contributed by atoms with Crippen LogP contribution in [0.2, 0.25) is 0 Å². The maximum Gasteiger partial charge on any atom is 0.119 e. The molecule has 0 aliphatic heterocycles. The summed E-state index contributed by atoms with van der Waals surface area (Å²) in [4.78, 5) is 0. The van der Waals surface area contributed by atoms with E-state index in [1.54, 1.807) is 0 Å². The van der Waals surface area contributed by atoms with E-state index in [4.69, 9.17) is 4.74 Å².